The molecule has 0 radical (unpaired) electrons. The van der Waals surface area contributed by atoms with E-state index in [1.165, 1.54) is 18.2 Å². The Kier molecular flexibility index (Phi) is 11.5. The highest BCUT2D eigenvalue weighted by Gasteiger charge is 2.34. The van der Waals surface area contributed by atoms with Crippen LogP contribution in [0.1, 0.15) is 50.7 Å². The topological polar surface area (TPSA) is 113 Å². The van der Waals surface area contributed by atoms with Crippen LogP contribution in [0.4, 0.5) is 0 Å². The molecule has 0 amide bonds. The number of hydrogen-bond donors (Lipinski definition) is 2. The van der Waals surface area contributed by atoms with Crippen LogP contribution in [0.5, 0.6) is 0 Å². The van der Waals surface area contributed by atoms with Crippen molar-refractivity contribution >= 4 is 93.3 Å². The molecule has 0 aliphatic heterocycles. The van der Waals surface area contributed by atoms with Gasteiger partial charge in [-0.15, -0.1) is 11.8 Å². The second kappa shape index (κ2) is 13.2. The number of halogens is 6. The fourth-order valence-corrected chi connectivity index (χ4v) is 5.03. The van der Waals surface area contributed by atoms with E-state index in [0.29, 0.717) is 5.56 Å². The number of alkyl halides is 6. The average molecular weight is 624 g/mol. The summed E-state index contributed by atoms with van der Waals surface area (Å²) >= 11 is 36.8. The van der Waals surface area contributed by atoms with E-state index in [4.69, 9.17) is 79.5 Å². The first-order valence-electron chi connectivity index (χ1n) is 10.3. The van der Waals surface area contributed by atoms with Crippen LogP contribution >= 0.6 is 81.4 Å². The van der Waals surface area contributed by atoms with Crippen LogP contribution in [0, 0.1) is 5.92 Å². The molecule has 192 valence electrons. The van der Waals surface area contributed by atoms with Gasteiger partial charge in [0.25, 0.3) is 5.97 Å². The average Bonchev–Trinajstić information content (AvgIpc) is 2.76. The lowest BCUT2D eigenvalue weighted by Crippen LogP contribution is -2.28. The largest absolute Gasteiger partial charge is 0.481 e. The summed E-state index contributed by atoms with van der Waals surface area (Å²) in [5.74, 6) is -1.65. The van der Waals surface area contributed by atoms with Gasteiger partial charge in [-0.05, 0) is 30.9 Å². The molecule has 0 bridgehead atoms. The number of hydrogen-bond acceptors (Lipinski definition) is 6. The number of nitrogens with zero attached hydrogens (tertiary/aromatic N) is 3. The van der Waals surface area contributed by atoms with Gasteiger partial charge < -0.3 is 10.2 Å². The lowest BCUT2D eigenvalue weighted by atomic mass is 9.87. The number of thioether (sulfide) groups is 1. The second-order valence-electron chi connectivity index (χ2n) is 7.62. The maximum absolute atomic E-state index is 11.8. The number of rotatable bonds is 5. The maximum Gasteiger partial charge on any atom is 0.317 e. The molecule has 1 heterocycles. The van der Waals surface area contributed by atoms with Crippen molar-refractivity contribution in [3.05, 3.63) is 35.9 Å². The van der Waals surface area contributed by atoms with Crippen LogP contribution in [0.25, 0.3) is 11.4 Å². The van der Waals surface area contributed by atoms with Crippen LogP contribution in [0.15, 0.2) is 29.2 Å². The van der Waals surface area contributed by atoms with Gasteiger partial charge in [0.1, 0.15) is 5.25 Å². The van der Waals surface area contributed by atoms with Gasteiger partial charge in [0, 0.05) is 17.4 Å². The van der Waals surface area contributed by atoms with Crippen molar-refractivity contribution < 1.29 is 19.8 Å². The molecule has 1 aromatic heterocycles. The minimum atomic E-state index is -1.94. The van der Waals surface area contributed by atoms with Crippen molar-refractivity contribution in [2.24, 2.45) is 5.92 Å². The van der Waals surface area contributed by atoms with E-state index in [0.717, 1.165) is 37.5 Å². The van der Waals surface area contributed by atoms with Gasteiger partial charge in [0.05, 0.1) is 0 Å². The van der Waals surface area contributed by atoms with E-state index in [1.54, 1.807) is 24.3 Å². The molecule has 1 aliphatic rings. The number of carbonyl (C=O) groups is 2. The summed E-state index contributed by atoms with van der Waals surface area (Å²) in [6, 6.07) is 7.07. The predicted molar refractivity (Wildman–Crippen MR) is 141 cm³/mol. The van der Waals surface area contributed by atoms with E-state index >= 15 is 0 Å². The van der Waals surface area contributed by atoms with Crippen LogP contribution in [0.2, 0.25) is 0 Å². The summed E-state index contributed by atoms with van der Waals surface area (Å²) < 4.78 is -3.88. The minimum Gasteiger partial charge on any atom is -0.481 e. The van der Waals surface area contributed by atoms with E-state index in [9.17, 15) is 9.90 Å². The number of carboxylic acid groups (broad SMARTS) is 2. The minimum absolute atomic E-state index is 0.163. The molecule has 1 fully saturated rings. The highest BCUT2D eigenvalue weighted by atomic mass is 35.6. The molecule has 35 heavy (non-hydrogen) atoms. The monoisotopic (exact) mass is 621 g/mol. The van der Waals surface area contributed by atoms with Crippen molar-refractivity contribution in [3.63, 3.8) is 0 Å². The zero-order valence-corrected chi connectivity index (χ0v) is 23.6. The predicted octanol–water partition coefficient (Wildman–Crippen LogP) is 7.41. The Morgan fingerprint density at radius 1 is 0.886 bits per heavy atom. The molecule has 1 aliphatic carbocycles. The van der Waals surface area contributed by atoms with Gasteiger partial charge in [-0.3, -0.25) is 9.59 Å². The third-order valence-electron chi connectivity index (χ3n) is 4.84. The summed E-state index contributed by atoms with van der Waals surface area (Å²) in [6.07, 6.45) is 5.19. The van der Waals surface area contributed by atoms with Gasteiger partial charge in [0.15, 0.2) is 17.5 Å². The van der Waals surface area contributed by atoms with Crippen LogP contribution in [-0.4, -0.2) is 42.4 Å². The third kappa shape index (κ3) is 9.91. The summed E-state index contributed by atoms with van der Waals surface area (Å²) in [4.78, 5) is 34.0. The quantitative estimate of drug-likeness (QED) is 0.261. The number of carboxylic acids is 2. The van der Waals surface area contributed by atoms with Crippen LogP contribution in [0.3, 0.4) is 0 Å². The van der Waals surface area contributed by atoms with Gasteiger partial charge in [-0.25, -0.2) is 15.0 Å². The maximum atomic E-state index is 11.8. The zero-order valence-electron chi connectivity index (χ0n) is 18.2. The Bertz CT molecular complexity index is 989. The lowest BCUT2D eigenvalue weighted by Gasteiger charge is -2.27. The Morgan fingerprint density at radius 3 is 1.74 bits per heavy atom. The summed E-state index contributed by atoms with van der Waals surface area (Å²) in [5.41, 5.74) is 0.572. The smallest absolute Gasteiger partial charge is 0.317 e. The molecule has 1 saturated carbocycles. The number of aliphatic carboxylic acids is 2. The SMILES string of the molecule is CC(=O)O.O=C(O)C(Sc1ccc(-c2nc(C(Cl)(Cl)Cl)nc(C(Cl)(Cl)Cl)n2)cc1)C1CCCCC1. The molecule has 1 unspecified atom stereocenters. The second-order valence-corrected chi connectivity index (χ2v) is 13.4. The Balaban J connectivity index is 0.00000100. The van der Waals surface area contributed by atoms with Crippen molar-refractivity contribution in [1.82, 2.24) is 15.0 Å². The van der Waals surface area contributed by atoms with Crippen LogP contribution in [-0.2, 0) is 17.2 Å². The van der Waals surface area contributed by atoms with Gasteiger partial charge in [-0.1, -0.05) is 101 Å². The van der Waals surface area contributed by atoms with E-state index in [1.807, 2.05) is 0 Å². The summed E-state index contributed by atoms with van der Waals surface area (Å²) in [6.45, 7) is 1.08. The van der Waals surface area contributed by atoms with Crippen LogP contribution < -0.4 is 0 Å². The molecule has 2 N–H and O–H groups in total. The summed E-state index contributed by atoms with van der Waals surface area (Å²) in [7, 11) is 0. The number of aromatic nitrogens is 3. The van der Waals surface area contributed by atoms with Crippen molar-refractivity contribution in [2.75, 3.05) is 0 Å². The lowest BCUT2D eigenvalue weighted by molar-refractivity contribution is -0.137. The third-order valence-corrected chi connectivity index (χ3v) is 7.24. The van der Waals surface area contributed by atoms with E-state index in [-0.39, 0.29) is 23.4 Å². The molecular formula is C21H21Cl6N3O4S. The summed E-state index contributed by atoms with van der Waals surface area (Å²) in [5, 5.41) is 16.6. The van der Waals surface area contributed by atoms with Crippen molar-refractivity contribution in [3.8, 4) is 11.4 Å². The molecule has 0 saturated heterocycles. The zero-order chi connectivity index (χ0) is 26.4. The first-order valence-corrected chi connectivity index (χ1v) is 13.4. The Morgan fingerprint density at radius 2 is 1.34 bits per heavy atom. The Hall–Kier alpha value is -0.740. The van der Waals surface area contributed by atoms with Crippen molar-refractivity contribution in [1.29, 1.82) is 0 Å². The van der Waals surface area contributed by atoms with Crippen molar-refractivity contribution in [2.45, 2.75) is 56.8 Å². The highest BCUT2D eigenvalue weighted by molar-refractivity contribution is 8.00. The molecule has 14 heteroatoms. The fraction of sp³-hybridized carbons (Fsp3) is 0.476. The Labute approximate surface area is 236 Å². The molecular weight excluding hydrogens is 603 g/mol. The molecule has 3 rings (SSSR count). The van der Waals surface area contributed by atoms with Gasteiger partial charge >= 0.3 is 5.97 Å². The fourth-order valence-electron chi connectivity index (χ4n) is 3.37. The molecule has 1 atom stereocenters. The standard InChI is InChI=1S/C19H17Cl6N3O2S.C2H4O2/c20-18(21,22)16-26-14(27-17(28-16)19(23,24)25)11-6-8-12(9-7-11)31-13(15(29)30)10-4-2-1-3-5-10;1-2(3)4/h6-10,13H,1-5H2,(H,29,30);1H3,(H,3,4). The molecule has 2 aromatic rings. The van der Waals surface area contributed by atoms with E-state index in [2.05, 4.69) is 15.0 Å². The first-order chi connectivity index (χ1) is 16.2. The first kappa shape index (κ1) is 30.5. The highest BCUT2D eigenvalue weighted by Crippen LogP contribution is 2.41. The molecule has 7 nitrogen and oxygen atoms in total. The molecule has 0 spiro atoms. The van der Waals surface area contributed by atoms with Gasteiger partial charge in [-0.2, -0.15) is 0 Å². The molecule has 1 aromatic carbocycles. The van der Waals surface area contributed by atoms with E-state index < -0.39 is 24.8 Å². The van der Waals surface area contributed by atoms with Gasteiger partial charge in [0.2, 0.25) is 7.59 Å². The number of benzene rings is 1. The normalized spacial score (nSPS) is 15.6.